The van der Waals surface area contributed by atoms with Crippen molar-refractivity contribution in [3.63, 3.8) is 0 Å². The van der Waals surface area contributed by atoms with Crippen molar-refractivity contribution in [2.24, 2.45) is 0 Å². The number of ether oxygens (including phenoxy) is 1. The second-order valence-corrected chi connectivity index (χ2v) is 12.4. The SMILES string of the molecule is CC[C@H](C(=O)NC(C)C)N(Cc1ccc(C)cc1)C(=O)CN(c1ccc(OC)cc1)S(=O)(=O)c1ccc(C)c([N+](=O)[O-])c1. The number of carbonyl (C=O) groups is 2. The van der Waals surface area contributed by atoms with Gasteiger partial charge in [-0.2, -0.15) is 0 Å². The highest BCUT2D eigenvalue weighted by molar-refractivity contribution is 7.92. The highest BCUT2D eigenvalue weighted by Crippen LogP contribution is 2.29. The van der Waals surface area contributed by atoms with Crippen molar-refractivity contribution >= 4 is 33.2 Å². The molecule has 0 heterocycles. The standard InChI is InChI=1S/C31H38N4O7S/c1-7-28(31(37)32-21(2)3)33(19-24-11-8-22(4)9-12-24)30(36)20-34(25-13-15-26(42-6)16-14-25)43(40,41)27-17-10-23(5)29(18-27)35(38)39/h8-18,21,28H,7,19-20H2,1-6H3,(H,32,37)/t28-/m1/s1. The van der Waals surface area contributed by atoms with Crippen LogP contribution >= 0.6 is 0 Å². The highest BCUT2D eigenvalue weighted by Gasteiger charge is 2.34. The molecule has 3 aromatic rings. The molecule has 0 aliphatic carbocycles. The number of nitrogens with zero attached hydrogens (tertiary/aromatic N) is 3. The highest BCUT2D eigenvalue weighted by atomic mass is 32.2. The van der Waals surface area contributed by atoms with Gasteiger partial charge in [0.25, 0.3) is 15.7 Å². The van der Waals surface area contributed by atoms with E-state index in [0.717, 1.165) is 21.5 Å². The van der Waals surface area contributed by atoms with Gasteiger partial charge in [0.05, 0.1) is 22.6 Å². The molecule has 3 aromatic carbocycles. The Morgan fingerprint density at radius 3 is 2.16 bits per heavy atom. The summed E-state index contributed by atoms with van der Waals surface area (Å²) >= 11 is 0. The van der Waals surface area contributed by atoms with Crippen molar-refractivity contribution in [1.29, 1.82) is 0 Å². The second-order valence-electron chi connectivity index (χ2n) is 10.5. The zero-order chi connectivity index (χ0) is 31.9. The first-order chi connectivity index (χ1) is 20.3. The monoisotopic (exact) mass is 610 g/mol. The Hall–Kier alpha value is -4.45. The number of anilines is 1. The molecular formula is C31H38N4O7S. The molecule has 0 saturated carbocycles. The Kier molecular flexibility index (Phi) is 10.9. The van der Waals surface area contributed by atoms with E-state index in [0.29, 0.717) is 11.3 Å². The van der Waals surface area contributed by atoms with E-state index in [1.165, 1.54) is 43.2 Å². The molecule has 230 valence electrons. The third-order valence-corrected chi connectivity index (χ3v) is 8.66. The van der Waals surface area contributed by atoms with Crippen molar-refractivity contribution in [2.75, 3.05) is 18.0 Å². The summed E-state index contributed by atoms with van der Waals surface area (Å²) in [6, 6.07) is 16.1. The Labute approximate surface area is 252 Å². The molecule has 1 N–H and O–H groups in total. The molecule has 0 bridgehead atoms. The molecule has 43 heavy (non-hydrogen) atoms. The summed E-state index contributed by atoms with van der Waals surface area (Å²) in [4.78, 5) is 39.4. The summed E-state index contributed by atoms with van der Waals surface area (Å²) in [5.74, 6) is -0.505. The zero-order valence-electron chi connectivity index (χ0n) is 25.2. The van der Waals surface area contributed by atoms with Crippen molar-refractivity contribution in [3.05, 3.63) is 93.5 Å². The molecule has 0 fully saturated rings. The topological polar surface area (TPSA) is 139 Å². The van der Waals surface area contributed by atoms with E-state index in [9.17, 15) is 28.1 Å². The van der Waals surface area contributed by atoms with Gasteiger partial charge in [0.1, 0.15) is 18.3 Å². The van der Waals surface area contributed by atoms with Gasteiger partial charge in [-0.15, -0.1) is 0 Å². The van der Waals surface area contributed by atoms with Crippen LogP contribution in [0.4, 0.5) is 11.4 Å². The zero-order valence-corrected chi connectivity index (χ0v) is 26.1. The normalized spacial score (nSPS) is 12.0. The lowest BCUT2D eigenvalue weighted by Gasteiger charge is -2.33. The minimum absolute atomic E-state index is 0.0651. The number of amides is 2. The van der Waals surface area contributed by atoms with E-state index in [4.69, 9.17) is 4.74 Å². The van der Waals surface area contributed by atoms with Gasteiger partial charge in [0.15, 0.2) is 0 Å². The lowest BCUT2D eigenvalue weighted by atomic mass is 10.1. The van der Waals surface area contributed by atoms with Crippen LogP contribution in [0.15, 0.2) is 71.6 Å². The molecule has 11 nitrogen and oxygen atoms in total. The largest absolute Gasteiger partial charge is 0.497 e. The molecule has 0 aromatic heterocycles. The number of sulfonamides is 1. The van der Waals surface area contributed by atoms with Crippen molar-refractivity contribution in [2.45, 2.75) is 64.6 Å². The van der Waals surface area contributed by atoms with Gasteiger partial charge in [-0.3, -0.25) is 24.0 Å². The Balaban J connectivity index is 2.12. The average molecular weight is 611 g/mol. The van der Waals surface area contributed by atoms with Crippen LogP contribution < -0.4 is 14.4 Å². The molecule has 3 rings (SSSR count). The fraction of sp³-hybridized carbons (Fsp3) is 0.355. The number of carbonyl (C=O) groups excluding carboxylic acids is 2. The Morgan fingerprint density at radius 1 is 1.00 bits per heavy atom. The minimum atomic E-state index is -4.49. The number of hydrogen-bond donors (Lipinski definition) is 1. The van der Waals surface area contributed by atoms with E-state index in [1.54, 1.807) is 19.1 Å². The molecule has 0 spiro atoms. The summed E-state index contributed by atoms with van der Waals surface area (Å²) in [6.45, 7) is 8.26. The van der Waals surface area contributed by atoms with Crippen LogP contribution in [0.3, 0.4) is 0 Å². The first-order valence-electron chi connectivity index (χ1n) is 13.9. The van der Waals surface area contributed by atoms with Crippen LogP contribution in [0.25, 0.3) is 0 Å². The van der Waals surface area contributed by atoms with Gasteiger partial charge < -0.3 is 15.0 Å². The summed E-state index contributed by atoms with van der Waals surface area (Å²) < 4.78 is 34.2. The van der Waals surface area contributed by atoms with Crippen LogP contribution in [0, 0.1) is 24.0 Å². The lowest BCUT2D eigenvalue weighted by Crippen LogP contribution is -2.53. The number of aryl methyl sites for hydroxylation is 2. The Morgan fingerprint density at radius 2 is 1.63 bits per heavy atom. The first-order valence-corrected chi connectivity index (χ1v) is 15.3. The molecule has 0 unspecified atom stereocenters. The number of rotatable bonds is 13. The number of nitro benzene ring substituents is 1. The van der Waals surface area contributed by atoms with E-state index >= 15 is 0 Å². The lowest BCUT2D eigenvalue weighted by molar-refractivity contribution is -0.385. The predicted octanol–water partition coefficient (Wildman–Crippen LogP) is 4.75. The quantitative estimate of drug-likeness (QED) is 0.218. The molecule has 12 heteroatoms. The molecule has 0 aliphatic rings. The van der Waals surface area contributed by atoms with Crippen LogP contribution in [-0.4, -0.2) is 55.8 Å². The molecule has 0 radical (unpaired) electrons. The van der Waals surface area contributed by atoms with Crippen molar-refractivity contribution in [3.8, 4) is 5.75 Å². The van der Waals surface area contributed by atoms with E-state index in [-0.39, 0.29) is 41.2 Å². The molecule has 0 saturated heterocycles. The summed E-state index contributed by atoms with van der Waals surface area (Å²) in [6.07, 6.45) is 0.287. The summed E-state index contributed by atoms with van der Waals surface area (Å²) in [7, 11) is -3.02. The minimum Gasteiger partial charge on any atom is -0.497 e. The number of hydrogen-bond acceptors (Lipinski definition) is 7. The maximum atomic E-state index is 14.1. The van der Waals surface area contributed by atoms with Crippen LogP contribution in [0.2, 0.25) is 0 Å². The van der Waals surface area contributed by atoms with Gasteiger partial charge in [-0.1, -0.05) is 42.8 Å². The summed E-state index contributed by atoms with van der Waals surface area (Å²) in [5, 5.41) is 14.5. The fourth-order valence-electron chi connectivity index (χ4n) is 4.54. The maximum Gasteiger partial charge on any atom is 0.273 e. The molecule has 2 amide bonds. The average Bonchev–Trinajstić information content (AvgIpc) is 2.96. The molecule has 1 atom stereocenters. The Bertz CT molecular complexity index is 1560. The van der Waals surface area contributed by atoms with Crippen molar-refractivity contribution in [1.82, 2.24) is 10.2 Å². The molecular weight excluding hydrogens is 572 g/mol. The third kappa shape index (κ3) is 8.10. The number of methoxy groups -OCH3 is 1. The maximum absolute atomic E-state index is 14.1. The van der Waals surface area contributed by atoms with Crippen molar-refractivity contribution < 1.29 is 27.7 Å². The number of benzene rings is 3. The first kappa shape index (κ1) is 33.1. The van der Waals surface area contributed by atoms with E-state index < -0.39 is 33.4 Å². The number of nitro groups is 1. The fourth-order valence-corrected chi connectivity index (χ4v) is 5.98. The van der Waals surface area contributed by atoms with E-state index in [2.05, 4.69) is 5.32 Å². The van der Waals surface area contributed by atoms with Crippen LogP contribution in [0.1, 0.15) is 43.9 Å². The van der Waals surface area contributed by atoms with Gasteiger partial charge in [0, 0.05) is 24.2 Å². The molecule has 0 aliphatic heterocycles. The number of nitrogens with one attached hydrogen (secondary N) is 1. The van der Waals surface area contributed by atoms with Gasteiger partial charge in [-0.25, -0.2) is 8.42 Å². The predicted molar refractivity (Wildman–Crippen MR) is 164 cm³/mol. The van der Waals surface area contributed by atoms with Crippen LogP contribution in [0.5, 0.6) is 5.75 Å². The second kappa shape index (κ2) is 14.1. The third-order valence-electron chi connectivity index (χ3n) is 6.89. The van der Waals surface area contributed by atoms with Crippen LogP contribution in [-0.2, 0) is 26.2 Å². The smallest absolute Gasteiger partial charge is 0.273 e. The van der Waals surface area contributed by atoms with E-state index in [1.807, 2.05) is 45.0 Å². The van der Waals surface area contributed by atoms with Gasteiger partial charge in [-0.05, 0) is 70.0 Å². The van der Waals surface area contributed by atoms with Gasteiger partial charge >= 0.3 is 0 Å². The summed E-state index contributed by atoms with van der Waals surface area (Å²) in [5.41, 5.74) is 1.87. The van der Waals surface area contributed by atoms with Gasteiger partial charge in [0.2, 0.25) is 11.8 Å².